The molecule has 0 heterocycles. The molecule has 5 heteroatoms. The van der Waals surface area contributed by atoms with Crippen LogP contribution in [-0.2, 0) is 18.7 Å². The van der Waals surface area contributed by atoms with Gasteiger partial charge in [-0.15, -0.1) is 0 Å². The van der Waals surface area contributed by atoms with Crippen LogP contribution in [0.2, 0.25) is 5.04 Å². The van der Waals surface area contributed by atoms with E-state index < -0.39 is 14.4 Å². The van der Waals surface area contributed by atoms with Crippen molar-refractivity contribution in [1.82, 2.24) is 0 Å². The number of rotatable bonds is 12. The highest BCUT2D eigenvalue weighted by Crippen LogP contribution is 2.36. The Morgan fingerprint density at radius 1 is 0.839 bits per heavy atom. The van der Waals surface area contributed by atoms with Gasteiger partial charge in [0, 0.05) is 13.7 Å². The molecule has 1 unspecified atom stereocenters. The Labute approximate surface area is 189 Å². The quantitative estimate of drug-likeness (QED) is 0.271. The van der Waals surface area contributed by atoms with Gasteiger partial charge in [-0.2, -0.15) is 0 Å². The van der Waals surface area contributed by atoms with Crippen LogP contribution in [0.1, 0.15) is 52.9 Å². The Morgan fingerprint density at radius 2 is 1.35 bits per heavy atom. The number of carbonyl (C=O) groups is 1. The van der Waals surface area contributed by atoms with Crippen molar-refractivity contribution in [3.05, 3.63) is 60.7 Å². The second-order valence-electron chi connectivity index (χ2n) is 8.96. The zero-order valence-electron chi connectivity index (χ0n) is 19.7. The number of hydrogen-bond acceptors (Lipinski definition) is 4. The molecule has 0 N–H and O–H groups in total. The number of hydrogen-bond donors (Lipinski definition) is 0. The predicted molar refractivity (Wildman–Crippen MR) is 129 cm³/mol. The number of methoxy groups -OCH3 is 2. The van der Waals surface area contributed by atoms with E-state index in [-0.39, 0.29) is 11.0 Å². The molecule has 4 nitrogen and oxygen atoms in total. The zero-order chi connectivity index (χ0) is 22.7. The van der Waals surface area contributed by atoms with Crippen molar-refractivity contribution < 1.29 is 18.7 Å². The first-order chi connectivity index (χ1) is 14.9. The van der Waals surface area contributed by atoms with Crippen LogP contribution in [0.4, 0.5) is 0 Å². The largest absolute Gasteiger partial charge is 0.467 e. The highest BCUT2D eigenvalue weighted by Gasteiger charge is 2.49. The van der Waals surface area contributed by atoms with Crippen LogP contribution in [0.15, 0.2) is 60.7 Å². The fourth-order valence-electron chi connectivity index (χ4n) is 4.24. The summed E-state index contributed by atoms with van der Waals surface area (Å²) >= 11 is 0. The molecule has 2 rings (SSSR count). The molecule has 0 spiro atoms. The average molecular weight is 443 g/mol. The second kappa shape index (κ2) is 12.2. The number of carbonyl (C=O) groups excluding carboxylic acids is 1. The van der Waals surface area contributed by atoms with Gasteiger partial charge in [0.05, 0.1) is 7.11 Å². The highest BCUT2D eigenvalue weighted by molar-refractivity contribution is 6.99. The molecule has 2 aromatic carbocycles. The van der Waals surface area contributed by atoms with E-state index in [9.17, 15) is 4.79 Å². The van der Waals surface area contributed by atoms with Gasteiger partial charge in [-0.3, -0.25) is 0 Å². The summed E-state index contributed by atoms with van der Waals surface area (Å²) in [7, 11) is 0.512. The van der Waals surface area contributed by atoms with E-state index in [1.807, 2.05) is 0 Å². The molecule has 0 amide bonds. The van der Waals surface area contributed by atoms with Gasteiger partial charge in [0.25, 0.3) is 8.32 Å². The summed E-state index contributed by atoms with van der Waals surface area (Å²) in [5.41, 5.74) is 0. The fourth-order valence-corrected chi connectivity index (χ4v) is 8.84. The molecule has 0 saturated carbocycles. The van der Waals surface area contributed by atoms with Gasteiger partial charge >= 0.3 is 5.97 Å². The normalized spacial score (nSPS) is 13.1. The maximum atomic E-state index is 11.6. The van der Waals surface area contributed by atoms with E-state index in [1.54, 1.807) is 7.11 Å². The molecular weight excluding hydrogens is 404 g/mol. The van der Waals surface area contributed by atoms with Crippen LogP contribution in [0.3, 0.4) is 0 Å². The third-order valence-electron chi connectivity index (χ3n) is 5.84. The maximum Gasteiger partial charge on any atom is 0.334 e. The summed E-state index contributed by atoms with van der Waals surface area (Å²) in [5, 5.41) is 2.63. The minimum Gasteiger partial charge on any atom is -0.467 e. The highest BCUT2D eigenvalue weighted by atomic mass is 28.4. The first-order valence-electron chi connectivity index (χ1n) is 11.2. The van der Waals surface area contributed by atoms with Gasteiger partial charge in [0.2, 0.25) is 0 Å². The lowest BCUT2D eigenvalue weighted by Gasteiger charge is -2.43. The third kappa shape index (κ3) is 6.51. The van der Waals surface area contributed by atoms with Crippen molar-refractivity contribution in [1.29, 1.82) is 0 Å². The van der Waals surface area contributed by atoms with Crippen LogP contribution in [0.5, 0.6) is 0 Å². The van der Waals surface area contributed by atoms with Gasteiger partial charge in [0.1, 0.15) is 0 Å². The van der Waals surface area contributed by atoms with Crippen molar-refractivity contribution in [2.45, 2.75) is 64.0 Å². The Bertz CT molecular complexity index is 731. The number of ether oxygens (including phenoxy) is 2. The maximum absolute atomic E-state index is 11.6. The minimum absolute atomic E-state index is 0.00189. The van der Waals surface area contributed by atoms with Gasteiger partial charge in [-0.05, 0) is 28.3 Å². The Morgan fingerprint density at radius 3 is 1.81 bits per heavy atom. The van der Waals surface area contributed by atoms with E-state index in [4.69, 9.17) is 13.9 Å². The molecule has 0 aliphatic rings. The standard InChI is InChI=1S/C26H38O4Si/c1-26(2,3)31(22-16-10-8-11-17-22,23-18-12-9-13-19-23)30-21-15-7-6-14-20-24(28-4)25(27)29-5/h8-13,16-19,24H,6-7,14-15,20-21H2,1-5H3. The summed E-state index contributed by atoms with van der Waals surface area (Å²) in [6, 6.07) is 21.5. The van der Waals surface area contributed by atoms with Crippen LogP contribution in [-0.4, -0.2) is 41.2 Å². The summed E-state index contributed by atoms with van der Waals surface area (Å²) in [6.45, 7) is 7.64. The SMILES string of the molecule is COC(=O)C(CCCCCCO[Si](c1ccccc1)(c1ccccc1)C(C)(C)C)OC. The molecule has 0 aliphatic heterocycles. The molecule has 1 atom stereocenters. The topological polar surface area (TPSA) is 44.8 Å². The Balaban J connectivity index is 2.03. The fraction of sp³-hybridized carbons (Fsp3) is 0.500. The average Bonchev–Trinajstić information content (AvgIpc) is 2.78. The van der Waals surface area contributed by atoms with Gasteiger partial charge in [-0.1, -0.05) is 101 Å². The van der Waals surface area contributed by atoms with Crippen molar-refractivity contribution in [2.75, 3.05) is 20.8 Å². The van der Waals surface area contributed by atoms with E-state index in [0.29, 0.717) is 6.42 Å². The summed E-state index contributed by atoms with van der Waals surface area (Å²) in [5.74, 6) is -0.294. The molecule has 0 fully saturated rings. The summed E-state index contributed by atoms with van der Waals surface area (Å²) in [4.78, 5) is 11.6. The van der Waals surface area contributed by atoms with Crippen LogP contribution in [0, 0.1) is 0 Å². The second-order valence-corrected chi connectivity index (χ2v) is 13.3. The molecular formula is C26H38O4Si. The van der Waals surface area contributed by atoms with Crippen LogP contribution < -0.4 is 10.4 Å². The Kier molecular flexibility index (Phi) is 9.94. The van der Waals surface area contributed by atoms with Gasteiger partial charge in [0.15, 0.2) is 6.10 Å². The molecule has 2 aromatic rings. The van der Waals surface area contributed by atoms with Crippen molar-refractivity contribution >= 4 is 24.7 Å². The lowest BCUT2D eigenvalue weighted by atomic mass is 10.1. The Hall–Kier alpha value is -1.95. The molecule has 0 aliphatic carbocycles. The lowest BCUT2D eigenvalue weighted by molar-refractivity contribution is -0.152. The predicted octanol–water partition coefficient (Wildman–Crippen LogP) is 4.70. The van der Waals surface area contributed by atoms with E-state index in [1.165, 1.54) is 17.5 Å². The molecule has 170 valence electrons. The van der Waals surface area contributed by atoms with E-state index in [0.717, 1.165) is 32.3 Å². The lowest BCUT2D eigenvalue weighted by Crippen LogP contribution is -2.66. The first kappa shape index (κ1) is 25.3. The van der Waals surface area contributed by atoms with Crippen molar-refractivity contribution in [3.63, 3.8) is 0 Å². The smallest absolute Gasteiger partial charge is 0.334 e. The summed E-state index contributed by atoms with van der Waals surface area (Å²) < 4.78 is 16.9. The monoisotopic (exact) mass is 442 g/mol. The van der Waals surface area contributed by atoms with Crippen LogP contribution >= 0.6 is 0 Å². The van der Waals surface area contributed by atoms with Crippen LogP contribution in [0.25, 0.3) is 0 Å². The number of unbranched alkanes of at least 4 members (excludes halogenated alkanes) is 3. The molecule has 0 aromatic heterocycles. The molecule has 31 heavy (non-hydrogen) atoms. The molecule has 0 bridgehead atoms. The number of benzene rings is 2. The molecule has 0 radical (unpaired) electrons. The van der Waals surface area contributed by atoms with Gasteiger partial charge in [-0.25, -0.2) is 4.79 Å². The zero-order valence-corrected chi connectivity index (χ0v) is 20.7. The van der Waals surface area contributed by atoms with Crippen molar-refractivity contribution in [3.8, 4) is 0 Å². The minimum atomic E-state index is -2.44. The number of esters is 1. The van der Waals surface area contributed by atoms with E-state index in [2.05, 4.69) is 81.4 Å². The first-order valence-corrected chi connectivity index (χ1v) is 13.1. The van der Waals surface area contributed by atoms with Crippen molar-refractivity contribution in [2.24, 2.45) is 0 Å². The third-order valence-corrected chi connectivity index (χ3v) is 10.9. The van der Waals surface area contributed by atoms with Gasteiger partial charge < -0.3 is 13.9 Å². The molecule has 0 saturated heterocycles. The summed E-state index contributed by atoms with van der Waals surface area (Å²) in [6.07, 6.45) is 4.28. The van der Waals surface area contributed by atoms with E-state index >= 15 is 0 Å².